The molecule has 2 saturated heterocycles. The van der Waals surface area contributed by atoms with Crippen LogP contribution in [0.5, 0.6) is 0 Å². The van der Waals surface area contributed by atoms with Crippen molar-refractivity contribution in [1.82, 2.24) is 15.1 Å². The maximum atomic E-state index is 11.3. The summed E-state index contributed by atoms with van der Waals surface area (Å²) in [5, 5.41) is 13.4. The topological polar surface area (TPSA) is 91.1 Å². The summed E-state index contributed by atoms with van der Waals surface area (Å²) in [5.74, 6) is -0.380. The fourth-order valence-electron chi connectivity index (χ4n) is 2.64. The first-order valence-corrected chi connectivity index (χ1v) is 6.89. The van der Waals surface area contributed by atoms with Gasteiger partial charge < -0.3 is 20.9 Å². The minimum absolute atomic E-state index is 0.329. The van der Waals surface area contributed by atoms with Crippen molar-refractivity contribution in [2.45, 2.75) is 12.1 Å². The molecule has 0 spiro atoms. The molecule has 7 heteroatoms. The van der Waals surface area contributed by atoms with Gasteiger partial charge in [-0.25, -0.2) is 0 Å². The summed E-state index contributed by atoms with van der Waals surface area (Å²) in [7, 11) is 0. The number of morpholine rings is 1. The van der Waals surface area contributed by atoms with Crippen LogP contribution in [0.1, 0.15) is 0 Å². The summed E-state index contributed by atoms with van der Waals surface area (Å²) in [6.07, 6.45) is -0.460. The number of ether oxygens (including phenoxy) is 1. The molecule has 7 nitrogen and oxygen atoms in total. The number of rotatable bonds is 5. The van der Waals surface area contributed by atoms with Gasteiger partial charge in [-0.2, -0.15) is 0 Å². The van der Waals surface area contributed by atoms with Crippen molar-refractivity contribution in [3.63, 3.8) is 0 Å². The summed E-state index contributed by atoms with van der Waals surface area (Å²) >= 11 is 0. The van der Waals surface area contributed by atoms with Gasteiger partial charge in [0.15, 0.2) is 0 Å². The minimum Gasteiger partial charge on any atom is -0.390 e. The third kappa shape index (κ3) is 4.39. The molecule has 19 heavy (non-hydrogen) atoms. The Kier molecular flexibility index (Phi) is 5.53. The first-order chi connectivity index (χ1) is 9.16. The first kappa shape index (κ1) is 14.7. The molecular formula is C12H24N4O3. The molecule has 0 aromatic rings. The third-order valence-electron chi connectivity index (χ3n) is 3.69. The fourth-order valence-corrected chi connectivity index (χ4v) is 2.64. The summed E-state index contributed by atoms with van der Waals surface area (Å²) in [6, 6.07) is -0.411. The Morgan fingerprint density at radius 3 is 2.79 bits per heavy atom. The lowest BCUT2D eigenvalue weighted by atomic mass is 10.2. The molecule has 2 atom stereocenters. The normalized spacial score (nSPS) is 28.2. The maximum Gasteiger partial charge on any atom is 0.237 e. The highest BCUT2D eigenvalue weighted by Gasteiger charge is 2.29. The second kappa shape index (κ2) is 7.16. The van der Waals surface area contributed by atoms with Gasteiger partial charge in [-0.05, 0) is 0 Å². The predicted octanol–water partition coefficient (Wildman–Crippen LogP) is -2.56. The van der Waals surface area contributed by atoms with Crippen LogP contribution in [-0.4, -0.2) is 92.0 Å². The van der Waals surface area contributed by atoms with E-state index in [4.69, 9.17) is 10.5 Å². The predicted molar refractivity (Wildman–Crippen MR) is 70.7 cm³/mol. The summed E-state index contributed by atoms with van der Waals surface area (Å²) in [5.41, 5.74) is 5.36. The zero-order valence-electron chi connectivity index (χ0n) is 11.3. The standard InChI is InChI=1S/C12H24N4O3/c13-12(18)11-9-19-6-5-16(11)8-10(17)7-15-3-1-14-2-4-15/h10-11,14,17H,1-9H2,(H2,13,18). The first-order valence-electron chi connectivity index (χ1n) is 6.89. The van der Waals surface area contributed by atoms with Crippen molar-refractivity contribution in [2.24, 2.45) is 5.73 Å². The van der Waals surface area contributed by atoms with Gasteiger partial charge in [-0.15, -0.1) is 0 Å². The Balaban J connectivity index is 1.79. The molecule has 2 unspecified atom stereocenters. The number of nitrogens with two attached hydrogens (primary N) is 1. The lowest BCUT2D eigenvalue weighted by Crippen LogP contribution is -2.56. The van der Waals surface area contributed by atoms with Crippen LogP contribution in [-0.2, 0) is 9.53 Å². The van der Waals surface area contributed by atoms with E-state index in [0.717, 1.165) is 26.2 Å². The number of carbonyl (C=O) groups excluding carboxylic acids is 1. The second-order valence-corrected chi connectivity index (χ2v) is 5.19. The highest BCUT2D eigenvalue weighted by Crippen LogP contribution is 2.08. The quantitative estimate of drug-likeness (QED) is 0.510. The maximum absolute atomic E-state index is 11.3. The van der Waals surface area contributed by atoms with Crippen LogP contribution < -0.4 is 11.1 Å². The number of primary amides is 1. The molecule has 0 radical (unpaired) electrons. The van der Waals surface area contributed by atoms with Gasteiger partial charge in [0.25, 0.3) is 0 Å². The molecule has 0 bridgehead atoms. The number of β-amino-alcohol motifs (C(OH)–C–C–N with tert-alkyl or cyclic N) is 1. The lowest BCUT2D eigenvalue weighted by Gasteiger charge is -2.36. The fraction of sp³-hybridized carbons (Fsp3) is 0.917. The number of nitrogens with zero attached hydrogens (tertiary/aromatic N) is 2. The lowest BCUT2D eigenvalue weighted by molar-refractivity contribution is -0.130. The van der Waals surface area contributed by atoms with E-state index in [2.05, 4.69) is 10.2 Å². The van der Waals surface area contributed by atoms with E-state index in [-0.39, 0.29) is 5.91 Å². The van der Waals surface area contributed by atoms with Crippen LogP contribution >= 0.6 is 0 Å². The van der Waals surface area contributed by atoms with Gasteiger partial charge in [0, 0.05) is 45.8 Å². The number of piperazine rings is 1. The number of nitrogens with one attached hydrogen (secondary N) is 1. The van der Waals surface area contributed by atoms with E-state index < -0.39 is 12.1 Å². The van der Waals surface area contributed by atoms with E-state index in [1.807, 2.05) is 4.90 Å². The molecule has 2 heterocycles. The molecule has 0 saturated carbocycles. The van der Waals surface area contributed by atoms with Crippen molar-refractivity contribution < 1.29 is 14.6 Å². The van der Waals surface area contributed by atoms with Crippen LogP contribution in [0.3, 0.4) is 0 Å². The van der Waals surface area contributed by atoms with Crippen molar-refractivity contribution in [3.05, 3.63) is 0 Å². The van der Waals surface area contributed by atoms with Gasteiger partial charge in [-0.3, -0.25) is 14.6 Å². The summed E-state index contributed by atoms with van der Waals surface area (Å²) in [4.78, 5) is 15.5. The Hall–Kier alpha value is -0.730. The molecule has 2 rings (SSSR count). The monoisotopic (exact) mass is 272 g/mol. The molecule has 1 amide bonds. The molecular weight excluding hydrogens is 248 g/mol. The zero-order valence-corrected chi connectivity index (χ0v) is 11.3. The van der Waals surface area contributed by atoms with E-state index in [1.54, 1.807) is 0 Å². The van der Waals surface area contributed by atoms with Crippen LogP contribution in [0.4, 0.5) is 0 Å². The Morgan fingerprint density at radius 2 is 2.11 bits per heavy atom. The van der Waals surface area contributed by atoms with Gasteiger partial charge >= 0.3 is 0 Å². The minimum atomic E-state index is -0.460. The molecule has 2 aliphatic heterocycles. The van der Waals surface area contributed by atoms with Crippen molar-refractivity contribution in [1.29, 1.82) is 0 Å². The Labute approximate surface area is 113 Å². The van der Waals surface area contributed by atoms with Crippen LogP contribution in [0.25, 0.3) is 0 Å². The molecule has 0 aromatic heterocycles. The number of aliphatic hydroxyl groups excluding tert-OH is 1. The van der Waals surface area contributed by atoms with E-state index in [9.17, 15) is 9.90 Å². The molecule has 0 aliphatic carbocycles. The zero-order chi connectivity index (χ0) is 13.7. The number of aliphatic hydroxyl groups is 1. The second-order valence-electron chi connectivity index (χ2n) is 5.19. The Morgan fingerprint density at radius 1 is 1.37 bits per heavy atom. The van der Waals surface area contributed by atoms with E-state index >= 15 is 0 Å². The summed E-state index contributed by atoms with van der Waals surface area (Å²) in [6.45, 7) is 6.53. The largest absolute Gasteiger partial charge is 0.390 e. The van der Waals surface area contributed by atoms with Gasteiger partial charge in [0.05, 0.1) is 19.3 Å². The number of hydrogen-bond acceptors (Lipinski definition) is 6. The average molecular weight is 272 g/mol. The Bertz CT molecular complexity index is 297. The van der Waals surface area contributed by atoms with E-state index in [0.29, 0.717) is 32.8 Å². The third-order valence-corrected chi connectivity index (χ3v) is 3.69. The molecule has 110 valence electrons. The highest BCUT2D eigenvalue weighted by atomic mass is 16.5. The van der Waals surface area contributed by atoms with Crippen LogP contribution in [0.15, 0.2) is 0 Å². The van der Waals surface area contributed by atoms with Crippen molar-refractivity contribution >= 4 is 5.91 Å². The SMILES string of the molecule is NC(=O)C1COCCN1CC(O)CN1CCNCC1. The molecule has 2 fully saturated rings. The van der Waals surface area contributed by atoms with Gasteiger partial charge in [0.2, 0.25) is 5.91 Å². The summed E-state index contributed by atoms with van der Waals surface area (Å²) < 4.78 is 5.26. The molecule has 0 aromatic carbocycles. The number of hydrogen-bond donors (Lipinski definition) is 3. The number of carbonyl (C=O) groups is 1. The van der Waals surface area contributed by atoms with Gasteiger partial charge in [-0.1, -0.05) is 0 Å². The highest BCUT2D eigenvalue weighted by molar-refractivity contribution is 5.80. The van der Waals surface area contributed by atoms with Crippen molar-refractivity contribution in [3.8, 4) is 0 Å². The number of amides is 1. The van der Waals surface area contributed by atoms with Crippen LogP contribution in [0, 0.1) is 0 Å². The smallest absolute Gasteiger partial charge is 0.237 e. The van der Waals surface area contributed by atoms with Crippen molar-refractivity contribution in [2.75, 3.05) is 59.0 Å². The van der Waals surface area contributed by atoms with Gasteiger partial charge in [0.1, 0.15) is 6.04 Å². The average Bonchev–Trinajstić information content (AvgIpc) is 2.40. The van der Waals surface area contributed by atoms with Crippen LogP contribution in [0.2, 0.25) is 0 Å². The molecule has 2 aliphatic rings. The molecule has 4 N–H and O–H groups in total. The van der Waals surface area contributed by atoms with E-state index in [1.165, 1.54) is 0 Å².